The van der Waals surface area contributed by atoms with E-state index >= 15 is 0 Å². The highest BCUT2D eigenvalue weighted by Gasteiger charge is 2.36. The number of nitrogens with one attached hydrogen (secondary N) is 1. The van der Waals surface area contributed by atoms with E-state index in [1.807, 2.05) is 42.5 Å². The van der Waals surface area contributed by atoms with Crippen LogP contribution in [0.5, 0.6) is 0 Å². The number of Topliss-reactive ketones (excluding diaryl/α,β-unsaturated/α-hetero) is 1. The van der Waals surface area contributed by atoms with Crippen molar-refractivity contribution >= 4 is 22.7 Å². The maximum absolute atomic E-state index is 13.3. The molecule has 1 fully saturated rings. The standard InChI is InChI=1S/C22H21NO3/c1-2-14-9-6-10-17-18(13-23-19(14)17)20(24)21(15-7-4-3-5-8-15)26-22(25)16-11-12-16/h3-10,13,16,21,23H,2,11-12H2,1H3. The predicted molar refractivity (Wildman–Crippen MR) is 100 cm³/mol. The van der Waals surface area contributed by atoms with Crippen molar-refractivity contribution in [2.75, 3.05) is 0 Å². The Bertz CT molecular complexity index is 954. The average molecular weight is 347 g/mol. The smallest absolute Gasteiger partial charge is 0.310 e. The van der Waals surface area contributed by atoms with Gasteiger partial charge in [0.1, 0.15) is 0 Å². The number of H-pyrrole nitrogens is 1. The summed E-state index contributed by atoms with van der Waals surface area (Å²) in [7, 11) is 0. The van der Waals surface area contributed by atoms with Crippen LogP contribution in [0.25, 0.3) is 10.9 Å². The minimum atomic E-state index is -0.909. The summed E-state index contributed by atoms with van der Waals surface area (Å²) in [6, 6.07) is 15.2. The molecule has 1 heterocycles. The number of ketones is 1. The van der Waals surface area contributed by atoms with Crippen LogP contribution in [0.3, 0.4) is 0 Å². The van der Waals surface area contributed by atoms with E-state index in [-0.39, 0.29) is 17.7 Å². The van der Waals surface area contributed by atoms with Crippen molar-refractivity contribution in [2.45, 2.75) is 32.3 Å². The SMILES string of the molecule is CCc1cccc2c(C(=O)C(OC(=O)C3CC3)c3ccccc3)c[nH]c12. The molecule has 132 valence electrons. The lowest BCUT2D eigenvalue weighted by Gasteiger charge is -2.17. The molecular formula is C22H21NO3. The molecule has 26 heavy (non-hydrogen) atoms. The molecule has 3 aromatic rings. The Morgan fingerprint density at radius 1 is 1.12 bits per heavy atom. The van der Waals surface area contributed by atoms with Gasteiger partial charge < -0.3 is 9.72 Å². The summed E-state index contributed by atoms with van der Waals surface area (Å²) < 4.78 is 5.65. The minimum absolute atomic E-state index is 0.0522. The number of rotatable bonds is 6. The molecule has 4 heteroatoms. The Balaban J connectivity index is 1.73. The van der Waals surface area contributed by atoms with Gasteiger partial charge in [0.15, 0.2) is 6.10 Å². The van der Waals surface area contributed by atoms with Crippen LogP contribution in [-0.2, 0) is 16.0 Å². The summed E-state index contributed by atoms with van der Waals surface area (Å²) in [5.41, 5.74) is 3.40. The third kappa shape index (κ3) is 3.03. The number of benzene rings is 2. The van der Waals surface area contributed by atoms with E-state index in [1.54, 1.807) is 6.20 Å². The van der Waals surface area contributed by atoms with Crippen molar-refractivity contribution in [3.05, 3.63) is 71.4 Å². The molecule has 1 aliphatic carbocycles. The van der Waals surface area contributed by atoms with E-state index in [4.69, 9.17) is 4.74 Å². The molecule has 1 unspecified atom stereocenters. The van der Waals surface area contributed by atoms with E-state index in [1.165, 1.54) is 0 Å². The highest BCUT2D eigenvalue weighted by Crippen LogP contribution is 2.34. The van der Waals surface area contributed by atoms with Crippen LogP contribution in [0.15, 0.2) is 54.7 Å². The van der Waals surface area contributed by atoms with Gasteiger partial charge in [0, 0.05) is 28.2 Å². The van der Waals surface area contributed by atoms with Gasteiger partial charge in [-0.15, -0.1) is 0 Å². The van der Waals surface area contributed by atoms with E-state index in [0.29, 0.717) is 11.1 Å². The van der Waals surface area contributed by atoms with Crippen LogP contribution in [0, 0.1) is 5.92 Å². The normalized spacial score (nSPS) is 15.0. The number of hydrogen-bond donors (Lipinski definition) is 1. The van der Waals surface area contributed by atoms with Crippen LogP contribution in [0.1, 0.15) is 47.4 Å². The van der Waals surface area contributed by atoms with Gasteiger partial charge in [-0.05, 0) is 24.8 Å². The number of aromatic nitrogens is 1. The topological polar surface area (TPSA) is 59.2 Å². The fourth-order valence-corrected chi connectivity index (χ4v) is 3.29. The molecule has 1 aromatic heterocycles. The number of carbonyl (C=O) groups is 2. The summed E-state index contributed by atoms with van der Waals surface area (Å²) >= 11 is 0. The second kappa shape index (κ2) is 6.79. The third-order valence-corrected chi connectivity index (χ3v) is 4.93. The molecule has 1 saturated carbocycles. The Morgan fingerprint density at radius 2 is 1.88 bits per heavy atom. The van der Waals surface area contributed by atoms with Crippen LogP contribution in [0.4, 0.5) is 0 Å². The summed E-state index contributed by atoms with van der Waals surface area (Å²) in [5, 5.41) is 0.873. The van der Waals surface area contributed by atoms with Gasteiger partial charge in [-0.2, -0.15) is 0 Å². The summed E-state index contributed by atoms with van der Waals surface area (Å²) in [6.07, 6.45) is 3.40. The highest BCUT2D eigenvalue weighted by molar-refractivity contribution is 6.11. The molecule has 1 aliphatic rings. The molecule has 0 bridgehead atoms. The number of hydrogen-bond acceptors (Lipinski definition) is 3. The van der Waals surface area contributed by atoms with Gasteiger partial charge in [0.05, 0.1) is 5.92 Å². The van der Waals surface area contributed by atoms with E-state index in [2.05, 4.69) is 18.0 Å². The first-order valence-corrected chi connectivity index (χ1v) is 9.07. The quantitative estimate of drug-likeness (QED) is 0.523. The summed E-state index contributed by atoms with van der Waals surface area (Å²) in [5.74, 6) is -0.519. The third-order valence-electron chi connectivity index (χ3n) is 4.93. The first-order chi connectivity index (χ1) is 12.7. The van der Waals surface area contributed by atoms with Gasteiger partial charge in [0.2, 0.25) is 5.78 Å². The Morgan fingerprint density at radius 3 is 2.58 bits per heavy atom. The Labute approximate surface area is 152 Å². The highest BCUT2D eigenvalue weighted by atomic mass is 16.5. The molecule has 0 amide bonds. The first kappa shape index (κ1) is 16.6. The maximum atomic E-state index is 13.3. The van der Waals surface area contributed by atoms with Gasteiger partial charge in [-0.25, -0.2) is 0 Å². The summed E-state index contributed by atoms with van der Waals surface area (Å²) in [4.78, 5) is 28.8. The Kier molecular flexibility index (Phi) is 4.33. The molecule has 0 spiro atoms. The number of fused-ring (bicyclic) bond motifs is 1. The summed E-state index contributed by atoms with van der Waals surface area (Å²) in [6.45, 7) is 2.08. The van der Waals surface area contributed by atoms with E-state index in [0.717, 1.165) is 35.7 Å². The van der Waals surface area contributed by atoms with Gasteiger partial charge in [0.25, 0.3) is 0 Å². The molecule has 0 aliphatic heterocycles. The molecule has 4 nitrogen and oxygen atoms in total. The second-order valence-corrected chi connectivity index (χ2v) is 6.76. The van der Waals surface area contributed by atoms with Crippen molar-refractivity contribution in [2.24, 2.45) is 5.92 Å². The van der Waals surface area contributed by atoms with Crippen molar-refractivity contribution in [1.82, 2.24) is 4.98 Å². The Hall–Kier alpha value is -2.88. The van der Waals surface area contributed by atoms with Crippen LogP contribution >= 0.6 is 0 Å². The molecule has 4 rings (SSSR count). The van der Waals surface area contributed by atoms with Crippen LogP contribution in [0.2, 0.25) is 0 Å². The first-order valence-electron chi connectivity index (χ1n) is 9.07. The lowest BCUT2D eigenvalue weighted by Crippen LogP contribution is -2.21. The van der Waals surface area contributed by atoms with E-state index < -0.39 is 6.10 Å². The van der Waals surface area contributed by atoms with Gasteiger partial charge in [-0.3, -0.25) is 9.59 Å². The lowest BCUT2D eigenvalue weighted by molar-refractivity contribution is -0.148. The fraction of sp³-hybridized carbons (Fsp3) is 0.273. The number of aryl methyl sites for hydroxylation is 1. The molecule has 1 N–H and O–H groups in total. The number of carbonyl (C=O) groups excluding carboxylic acids is 2. The largest absolute Gasteiger partial charge is 0.449 e. The van der Waals surface area contributed by atoms with E-state index in [9.17, 15) is 9.59 Å². The maximum Gasteiger partial charge on any atom is 0.310 e. The molecule has 0 radical (unpaired) electrons. The fourth-order valence-electron chi connectivity index (χ4n) is 3.29. The van der Waals surface area contributed by atoms with Crippen molar-refractivity contribution in [1.29, 1.82) is 0 Å². The zero-order chi connectivity index (χ0) is 18.1. The van der Waals surface area contributed by atoms with Gasteiger partial charge >= 0.3 is 5.97 Å². The molecular weight excluding hydrogens is 326 g/mol. The minimum Gasteiger partial charge on any atom is -0.449 e. The van der Waals surface area contributed by atoms with Crippen LogP contribution in [-0.4, -0.2) is 16.7 Å². The number of ether oxygens (including phenoxy) is 1. The molecule has 0 saturated heterocycles. The van der Waals surface area contributed by atoms with Crippen molar-refractivity contribution in [3.8, 4) is 0 Å². The number of para-hydroxylation sites is 1. The second-order valence-electron chi connectivity index (χ2n) is 6.76. The lowest BCUT2D eigenvalue weighted by atomic mass is 9.98. The van der Waals surface area contributed by atoms with Crippen LogP contribution < -0.4 is 0 Å². The monoisotopic (exact) mass is 347 g/mol. The zero-order valence-corrected chi connectivity index (χ0v) is 14.7. The van der Waals surface area contributed by atoms with Crippen molar-refractivity contribution < 1.29 is 14.3 Å². The zero-order valence-electron chi connectivity index (χ0n) is 14.7. The predicted octanol–water partition coefficient (Wildman–Crippen LogP) is 4.61. The average Bonchev–Trinajstić information content (AvgIpc) is 3.45. The number of esters is 1. The molecule has 1 atom stereocenters. The van der Waals surface area contributed by atoms with Crippen molar-refractivity contribution in [3.63, 3.8) is 0 Å². The van der Waals surface area contributed by atoms with Gasteiger partial charge in [-0.1, -0.05) is 55.5 Å². The molecule has 2 aromatic carbocycles. The number of aromatic amines is 1.